The van der Waals surface area contributed by atoms with Crippen LogP contribution in [-0.2, 0) is 0 Å². The molecule has 1 aromatic rings. The lowest BCUT2D eigenvalue weighted by Crippen LogP contribution is -2.56. The number of hydrogen-bond donors (Lipinski definition) is 1. The van der Waals surface area contributed by atoms with Gasteiger partial charge in [-0.25, -0.2) is 0 Å². The van der Waals surface area contributed by atoms with Crippen LogP contribution in [0.1, 0.15) is 44.1 Å². The summed E-state index contributed by atoms with van der Waals surface area (Å²) in [6, 6.07) is 4.04. The third-order valence-electron chi connectivity index (χ3n) is 5.02. The third-order valence-corrected chi connectivity index (χ3v) is 5.02. The fourth-order valence-electron chi connectivity index (χ4n) is 3.88. The number of amides is 1. The van der Waals surface area contributed by atoms with Gasteiger partial charge in [0.25, 0.3) is 5.91 Å². The van der Waals surface area contributed by atoms with Crippen LogP contribution in [0.5, 0.6) is 0 Å². The molecule has 1 N–H and O–H groups in total. The van der Waals surface area contributed by atoms with Crippen molar-refractivity contribution in [2.24, 2.45) is 0 Å². The van der Waals surface area contributed by atoms with E-state index in [4.69, 9.17) is 0 Å². The van der Waals surface area contributed by atoms with E-state index in [1.807, 2.05) is 30.9 Å². The standard InChI is InChI=1S/C19H30N4O2/c1-15-13-21(14-19(2,3)25)10-11-23(15)18(24)17-12-16(6-7-20-17)22-8-4-5-9-22/h6-7,12,15,25H,4-5,8-11,13-14H2,1-3H3. The normalized spacial score (nSPS) is 22.5. The highest BCUT2D eigenvalue weighted by molar-refractivity contribution is 5.93. The smallest absolute Gasteiger partial charge is 0.272 e. The SMILES string of the molecule is CC1CN(CC(C)(C)O)CCN1C(=O)c1cc(N2CCCC2)ccn1. The molecule has 2 aliphatic rings. The van der Waals surface area contributed by atoms with Crippen LogP contribution >= 0.6 is 0 Å². The number of aromatic nitrogens is 1. The molecule has 25 heavy (non-hydrogen) atoms. The first-order valence-electron chi connectivity index (χ1n) is 9.30. The molecule has 1 amide bonds. The van der Waals surface area contributed by atoms with Gasteiger partial charge in [0, 0.05) is 57.2 Å². The molecule has 2 aliphatic heterocycles. The number of aliphatic hydroxyl groups is 1. The molecule has 138 valence electrons. The molecule has 0 aromatic carbocycles. The predicted molar refractivity (Wildman–Crippen MR) is 98.9 cm³/mol. The molecule has 1 aromatic heterocycles. The van der Waals surface area contributed by atoms with E-state index >= 15 is 0 Å². The average Bonchev–Trinajstić information content (AvgIpc) is 3.07. The second-order valence-corrected chi connectivity index (χ2v) is 7.99. The van der Waals surface area contributed by atoms with E-state index < -0.39 is 5.60 Å². The fraction of sp³-hybridized carbons (Fsp3) is 0.684. The summed E-state index contributed by atoms with van der Waals surface area (Å²) in [6.07, 6.45) is 4.17. The van der Waals surface area contributed by atoms with Crippen LogP contribution in [0.3, 0.4) is 0 Å². The second-order valence-electron chi connectivity index (χ2n) is 7.99. The monoisotopic (exact) mass is 346 g/mol. The van der Waals surface area contributed by atoms with Gasteiger partial charge in [-0.15, -0.1) is 0 Å². The van der Waals surface area contributed by atoms with Gasteiger partial charge >= 0.3 is 0 Å². The van der Waals surface area contributed by atoms with Crippen LogP contribution in [0, 0.1) is 0 Å². The Labute approximate surface area is 150 Å². The van der Waals surface area contributed by atoms with Crippen molar-refractivity contribution in [1.82, 2.24) is 14.8 Å². The van der Waals surface area contributed by atoms with Gasteiger partial charge in [-0.1, -0.05) is 0 Å². The number of β-amino-alcohol motifs (C(OH)–C–C–N with tert-alkyl or cyclic N) is 1. The molecule has 0 saturated carbocycles. The lowest BCUT2D eigenvalue weighted by Gasteiger charge is -2.41. The van der Waals surface area contributed by atoms with Crippen LogP contribution < -0.4 is 4.90 Å². The quantitative estimate of drug-likeness (QED) is 0.897. The zero-order valence-corrected chi connectivity index (χ0v) is 15.6. The van der Waals surface area contributed by atoms with E-state index in [1.165, 1.54) is 12.8 Å². The fourth-order valence-corrected chi connectivity index (χ4v) is 3.88. The maximum absolute atomic E-state index is 12.9. The molecule has 0 radical (unpaired) electrons. The number of hydrogen-bond acceptors (Lipinski definition) is 5. The van der Waals surface area contributed by atoms with Crippen LogP contribution in [0.15, 0.2) is 18.3 Å². The number of nitrogens with zero attached hydrogens (tertiary/aromatic N) is 4. The molecule has 0 spiro atoms. The Morgan fingerprint density at radius 3 is 2.64 bits per heavy atom. The van der Waals surface area contributed by atoms with E-state index in [1.54, 1.807) is 6.20 Å². The number of piperazine rings is 1. The number of rotatable bonds is 4. The maximum atomic E-state index is 12.9. The Balaban J connectivity index is 1.66. The summed E-state index contributed by atoms with van der Waals surface area (Å²) >= 11 is 0. The van der Waals surface area contributed by atoms with Crippen LogP contribution in [0.4, 0.5) is 5.69 Å². The third kappa shape index (κ3) is 4.50. The van der Waals surface area contributed by atoms with Gasteiger partial charge in [0.2, 0.25) is 0 Å². The lowest BCUT2D eigenvalue weighted by atomic mass is 10.1. The second kappa shape index (κ2) is 7.30. The summed E-state index contributed by atoms with van der Waals surface area (Å²) in [4.78, 5) is 23.7. The first kappa shape index (κ1) is 18.1. The van der Waals surface area contributed by atoms with E-state index in [0.717, 1.165) is 31.9 Å². The van der Waals surface area contributed by atoms with Crippen molar-refractivity contribution >= 4 is 11.6 Å². The Hall–Kier alpha value is -1.66. The molecule has 6 heteroatoms. The van der Waals surface area contributed by atoms with E-state index in [-0.39, 0.29) is 11.9 Å². The Morgan fingerprint density at radius 2 is 2.00 bits per heavy atom. The Kier molecular flexibility index (Phi) is 5.29. The highest BCUT2D eigenvalue weighted by Crippen LogP contribution is 2.22. The molecule has 3 rings (SSSR count). The van der Waals surface area contributed by atoms with E-state index in [0.29, 0.717) is 18.8 Å². The van der Waals surface area contributed by atoms with Gasteiger partial charge in [-0.05, 0) is 45.7 Å². The summed E-state index contributed by atoms with van der Waals surface area (Å²) in [6.45, 7) is 10.7. The van der Waals surface area contributed by atoms with Crippen molar-refractivity contribution < 1.29 is 9.90 Å². The summed E-state index contributed by atoms with van der Waals surface area (Å²) in [5.74, 6) is 0.0106. The highest BCUT2D eigenvalue weighted by Gasteiger charge is 2.31. The minimum atomic E-state index is -0.711. The Bertz CT molecular complexity index is 608. The van der Waals surface area contributed by atoms with Gasteiger partial charge in [-0.3, -0.25) is 14.7 Å². The largest absolute Gasteiger partial charge is 0.389 e. The summed E-state index contributed by atoms with van der Waals surface area (Å²) in [5.41, 5.74) is 0.925. The van der Waals surface area contributed by atoms with Gasteiger partial charge in [0.05, 0.1) is 5.60 Å². The molecule has 3 heterocycles. The first-order valence-corrected chi connectivity index (χ1v) is 9.30. The van der Waals surface area contributed by atoms with Crippen LogP contribution in [0.2, 0.25) is 0 Å². The van der Waals surface area contributed by atoms with Gasteiger partial charge in [-0.2, -0.15) is 0 Å². The molecule has 6 nitrogen and oxygen atoms in total. The average molecular weight is 346 g/mol. The van der Waals surface area contributed by atoms with E-state index in [2.05, 4.69) is 21.7 Å². The molecule has 2 saturated heterocycles. The molecular weight excluding hydrogens is 316 g/mol. The topological polar surface area (TPSA) is 59.9 Å². The molecule has 0 bridgehead atoms. The number of carbonyl (C=O) groups excluding carboxylic acids is 1. The summed E-state index contributed by atoms with van der Waals surface area (Å²) in [7, 11) is 0. The molecule has 2 fully saturated rings. The zero-order chi connectivity index (χ0) is 18.0. The minimum absolute atomic E-state index is 0.0106. The number of pyridine rings is 1. The van der Waals surface area contributed by atoms with Crippen molar-refractivity contribution in [3.05, 3.63) is 24.0 Å². The lowest BCUT2D eigenvalue weighted by molar-refractivity contribution is 0.00561. The van der Waals surface area contributed by atoms with Gasteiger partial charge in [0.15, 0.2) is 0 Å². The minimum Gasteiger partial charge on any atom is -0.389 e. The molecule has 1 atom stereocenters. The van der Waals surface area contributed by atoms with Gasteiger partial charge < -0.3 is 14.9 Å². The molecular formula is C19H30N4O2. The van der Waals surface area contributed by atoms with Crippen molar-refractivity contribution in [2.45, 2.75) is 45.3 Å². The zero-order valence-electron chi connectivity index (χ0n) is 15.6. The predicted octanol–water partition coefficient (Wildman–Crippen LogP) is 1.60. The van der Waals surface area contributed by atoms with Crippen LogP contribution in [-0.4, -0.2) is 76.7 Å². The number of anilines is 1. The van der Waals surface area contributed by atoms with Crippen molar-refractivity contribution in [2.75, 3.05) is 44.2 Å². The first-order chi connectivity index (χ1) is 11.8. The van der Waals surface area contributed by atoms with Crippen molar-refractivity contribution in [1.29, 1.82) is 0 Å². The van der Waals surface area contributed by atoms with Crippen molar-refractivity contribution in [3.63, 3.8) is 0 Å². The summed E-state index contributed by atoms with van der Waals surface area (Å²) in [5, 5.41) is 10.0. The number of carbonyl (C=O) groups is 1. The van der Waals surface area contributed by atoms with Gasteiger partial charge in [0.1, 0.15) is 5.69 Å². The maximum Gasteiger partial charge on any atom is 0.272 e. The highest BCUT2D eigenvalue weighted by atomic mass is 16.3. The summed E-state index contributed by atoms with van der Waals surface area (Å²) < 4.78 is 0. The molecule has 0 aliphatic carbocycles. The van der Waals surface area contributed by atoms with Crippen molar-refractivity contribution in [3.8, 4) is 0 Å². The van der Waals surface area contributed by atoms with E-state index in [9.17, 15) is 9.90 Å². The Morgan fingerprint density at radius 1 is 1.28 bits per heavy atom. The molecule has 1 unspecified atom stereocenters. The van der Waals surface area contributed by atoms with Crippen LogP contribution in [0.25, 0.3) is 0 Å².